The van der Waals surface area contributed by atoms with Crippen molar-refractivity contribution in [2.45, 2.75) is 26.3 Å². The van der Waals surface area contributed by atoms with Gasteiger partial charge in [0.2, 0.25) is 11.8 Å². The van der Waals surface area contributed by atoms with Crippen LogP contribution in [0.25, 0.3) is 10.9 Å². The molecule has 1 saturated heterocycles. The number of carbonyl (C=O) groups is 2. The first kappa shape index (κ1) is 19.8. The predicted octanol–water partition coefficient (Wildman–Crippen LogP) is 2.42. The van der Waals surface area contributed by atoms with Crippen LogP contribution in [0.4, 0.5) is 0 Å². The van der Waals surface area contributed by atoms with Crippen molar-refractivity contribution in [1.82, 2.24) is 20.5 Å². The number of aromatic nitrogens is 1. The number of rotatable bonds is 7. The Kier molecular flexibility index (Phi) is 5.26. The highest BCUT2D eigenvalue weighted by atomic mass is 16.2. The molecule has 2 aromatic rings. The molecular weight excluding hydrogens is 390 g/mol. The van der Waals surface area contributed by atoms with Crippen LogP contribution in [0, 0.1) is 23.7 Å². The minimum atomic E-state index is -0.106. The lowest BCUT2D eigenvalue weighted by Gasteiger charge is -2.18. The molecule has 2 amide bonds. The number of benzene rings is 1. The van der Waals surface area contributed by atoms with Crippen LogP contribution in [0.1, 0.15) is 25.5 Å². The summed E-state index contributed by atoms with van der Waals surface area (Å²) in [7, 11) is 0. The second kappa shape index (κ2) is 8.21. The van der Waals surface area contributed by atoms with Gasteiger partial charge in [-0.05, 0) is 49.1 Å². The van der Waals surface area contributed by atoms with Gasteiger partial charge in [-0.2, -0.15) is 0 Å². The highest BCUT2D eigenvalue weighted by Gasteiger charge is 2.58. The summed E-state index contributed by atoms with van der Waals surface area (Å²) in [6, 6.07) is 10.3. The first-order chi connectivity index (χ1) is 15.2. The van der Waals surface area contributed by atoms with E-state index in [1.165, 1.54) is 10.3 Å². The number of nitrogens with zero attached hydrogens (tertiary/aromatic N) is 2. The molecule has 3 aliphatic rings. The molecule has 1 aromatic heterocycles. The summed E-state index contributed by atoms with van der Waals surface area (Å²) in [5.74, 6) is 1.13. The molecule has 162 valence electrons. The minimum Gasteiger partial charge on any atom is -0.357 e. The Hall–Kier alpha value is -3.09. The van der Waals surface area contributed by atoms with Crippen LogP contribution < -0.4 is 10.6 Å². The van der Waals surface area contributed by atoms with Crippen LogP contribution in [0.5, 0.6) is 0 Å². The second-order valence-corrected chi connectivity index (χ2v) is 8.69. The summed E-state index contributed by atoms with van der Waals surface area (Å²) in [6.45, 7) is 4.46. The number of amides is 2. The van der Waals surface area contributed by atoms with E-state index in [0.29, 0.717) is 26.1 Å². The first-order valence-corrected chi connectivity index (χ1v) is 11.3. The van der Waals surface area contributed by atoms with Crippen LogP contribution in [0.15, 0.2) is 47.5 Å². The van der Waals surface area contributed by atoms with E-state index in [1.807, 2.05) is 19.1 Å². The number of para-hydroxylation sites is 1. The molecule has 3 N–H and O–H groups in total. The summed E-state index contributed by atoms with van der Waals surface area (Å²) in [4.78, 5) is 35.1. The monoisotopic (exact) mass is 419 g/mol. The molecule has 1 aromatic carbocycles. The molecule has 0 radical (unpaired) electrons. The number of nitrogens with one attached hydrogen (secondary N) is 3. The molecule has 2 bridgehead atoms. The number of guanidine groups is 1. The van der Waals surface area contributed by atoms with Crippen molar-refractivity contribution in [3.05, 3.63) is 48.2 Å². The Morgan fingerprint density at radius 2 is 1.87 bits per heavy atom. The minimum absolute atomic E-state index is 0.0336. The molecule has 7 heteroatoms. The lowest BCUT2D eigenvalue weighted by molar-refractivity contribution is -0.140. The Balaban J connectivity index is 1.13. The average molecular weight is 420 g/mol. The Labute approximate surface area is 182 Å². The third-order valence-corrected chi connectivity index (χ3v) is 6.75. The zero-order chi connectivity index (χ0) is 21.4. The number of hydrogen-bond acceptors (Lipinski definition) is 3. The van der Waals surface area contributed by atoms with Gasteiger partial charge in [0.25, 0.3) is 0 Å². The van der Waals surface area contributed by atoms with Crippen LogP contribution in [0.2, 0.25) is 0 Å². The van der Waals surface area contributed by atoms with Gasteiger partial charge >= 0.3 is 0 Å². The van der Waals surface area contributed by atoms with E-state index in [1.54, 1.807) is 0 Å². The topological polar surface area (TPSA) is 89.6 Å². The smallest absolute Gasteiger partial charge is 0.233 e. The van der Waals surface area contributed by atoms with Crippen LogP contribution >= 0.6 is 0 Å². The molecule has 4 unspecified atom stereocenters. The molecule has 4 atom stereocenters. The molecule has 1 aliphatic heterocycles. The van der Waals surface area contributed by atoms with E-state index in [4.69, 9.17) is 0 Å². The van der Waals surface area contributed by atoms with Gasteiger partial charge in [-0.15, -0.1) is 0 Å². The Morgan fingerprint density at radius 1 is 1.13 bits per heavy atom. The molecular formula is C24H29N5O2. The highest BCUT2D eigenvalue weighted by Crippen LogP contribution is 2.52. The lowest BCUT2D eigenvalue weighted by Crippen LogP contribution is -2.40. The van der Waals surface area contributed by atoms with Crippen LogP contribution in [-0.4, -0.2) is 47.3 Å². The van der Waals surface area contributed by atoms with Crippen molar-refractivity contribution in [3.63, 3.8) is 0 Å². The molecule has 31 heavy (non-hydrogen) atoms. The van der Waals surface area contributed by atoms with E-state index < -0.39 is 0 Å². The van der Waals surface area contributed by atoms with Crippen molar-refractivity contribution in [3.8, 4) is 0 Å². The maximum atomic E-state index is 12.8. The predicted molar refractivity (Wildman–Crippen MR) is 120 cm³/mol. The van der Waals surface area contributed by atoms with Crippen molar-refractivity contribution < 1.29 is 9.59 Å². The van der Waals surface area contributed by atoms with Gasteiger partial charge in [0, 0.05) is 30.8 Å². The van der Waals surface area contributed by atoms with Crippen molar-refractivity contribution in [2.24, 2.45) is 28.7 Å². The zero-order valence-electron chi connectivity index (χ0n) is 17.8. The van der Waals surface area contributed by atoms with Crippen molar-refractivity contribution >= 4 is 28.7 Å². The number of hydrogen-bond donors (Lipinski definition) is 3. The first-order valence-electron chi connectivity index (χ1n) is 11.3. The highest BCUT2D eigenvalue weighted by molar-refractivity contribution is 6.06. The number of H-pyrrole nitrogens is 1. The number of aliphatic imine (C=N–C) groups is 1. The van der Waals surface area contributed by atoms with E-state index in [9.17, 15) is 9.59 Å². The van der Waals surface area contributed by atoms with Gasteiger partial charge in [0.05, 0.1) is 18.4 Å². The standard InChI is InChI=1S/C24H29N5O2/c1-2-25-24(27-14-18-13-15-6-3-4-7-19(15)28-18)26-10-5-11-29-22(30)20-16-8-9-17(12-16)21(20)23(29)31/h3-4,6-9,13,16-17,20-21,28H,2,5,10-12,14H2,1H3,(H2,25,26,27). The van der Waals surface area contributed by atoms with E-state index >= 15 is 0 Å². The van der Waals surface area contributed by atoms with Crippen LogP contribution in [-0.2, 0) is 16.1 Å². The fourth-order valence-corrected chi connectivity index (χ4v) is 5.35. The van der Waals surface area contributed by atoms with Crippen molar-refractivity contribution in [2.75, 3.05) is 19.6 Å². The number of aromatic amines is 1. The van der Waals surface area contributed by atoms with Crippen LogP contribution in [0.3, 0.4) is 0 Å². The van der Waals surface area contributed by atoms with E-state index in [2.05, 4.69) is 51.0 Å². The SMILES string of the molecule is CCNC(=NCc1cc2ccccc2[nH]1)NCCCN1C(=O)C2C3C=CC(C3)C2C1=O. The summed E-state index contributed by atoms with van der Waals surface area (Å²) in [6.07, 6.45) is 5.94. The summed E-state index contributed by atoms with van der Waals surface area (Å²) < 4.78 is 0. The maximum Gasteiger partial charge on any atom is 0.233 e. The molecule has 1 saturated carbocycles. The van der Waals surface area contributed by atoms with Gasteiger partial charge in [0.1, 0.15) is 0 Å². The molecule has 2 heterocycles. The largest absolute Gasteiger partial charge is 0.357 e. The third kappa shape index (κ3) is 3.62. The molecule has 7 nitrogen and oxygen atoms in total. The quantitative estimate of drug-likeness (QED) is 0.211. The number of likely N-dealkylation sites (tertiary alicyclic amines) is 1. The average Bonchev–Trinajstić information content (AvgIpc) is 3.53. The number of imide groups is 1. The molecule has 0 spiro atoms. The van der Waals surface area contributed by atoms with Crippen molar-refractivity contribution in [1.29, 1.82) is 0 Å². The number of fused-ring (bicyclic) bond motifs is 6. The Bertz CT molecular complexity index is 992. The Morgan fingerprint density at radius 3 is 2.58 bits per heavy atom. The lowest BCUT2D eigenvalue weighted by atomic mass is 9.85. The van der Waals surface area contributed by atoms with Gasteiger partial charge in [-0.1, -0.05) is 30.4 Å². The van der Waals surface area contributed by atoms with E-state index in [0.717, 1.165) is 30.1 Å². The summed E-state index contributed by atoms with van der Waals surface area (Å²) in [5, 5.41) is 7.76. The summed E-state index contributed by atoms with van der Waals surface area (Å²) in [5.41, 5.74) is 2.17. The number of carbonyl (C=O) groups excluding carboxylic acids is 2. The normalized spacial score (nSPS) is 26.9. The number of allylic oxidation sites excluding steroid dienone is 2. The molecule has 2 fully saturated rings. The molecule has 5 rings (SSSR count). The second-order valence-electron chi connectivity index (χ2n) is 8.69. The molecule has 2 aliphatic carbocycles. The fraction of sp³-hybridized carbons (Fsp3) is 0.458. The summed E-state index contributed by atoms with van der Waals surface area (Å²) >= 11 is 0. The maximum absolute atomic E-state index is 12.8. The van der Waals surface area contributed by atoms with Gasteiger partial charge in [0.15, 0.2) is 5.96 Å². The van der Waals surface area contributed by atoms with Gasteiger partial charge in [-0.25, -0.2) is 4.99 Å². The van der Waals surface area contributed by atoms with Gasteiger partial charge in [-0.3, -0.25) is 14.5 Å². The van der Waals surface area contributed by atoms with E-state index in [-0.39, 0.29) is 35.5 Å². The fourth-order valence-electron chi connectivity index (χ4n) is 5.35. The van der Waals surface area contributed by atoms with Gasteiger partial charge < -0.3 is 15.6 Å². The zero-order valence-corrected chi connectivity index (χ0v) is 17.8. The third-order valence-electron chi connectivity index (χ3n) is 6.75.